The van der Waals surface area contributed by atoms with Crippen LogP contribution in [0.25, 0.3) is 21.8 Å². The Morgan fingerprint density at radius 3 is 2.62 bits per heavy atom. The van der Waals surface area contributed by atoms with Crippen molar-refractivity contribution in [2.24, 2.45) is 0 Å². The molecule has 3 nitrogen and oxygen atoms in total. The lowest BCUT2D eigenvalue weighted by Gasteiger charge is -2.09. The van der Waals surface area contributed by atoms with Gasteiger partial charge in [-0.3, -0.25) is 0 Å². The van der Waals surface area contributed by atoms with Gasteiger partial charge in [0.1, 0.15) is 16.5 Å². The molecule has 0 fully saturated rings. The molecule has 0 amide bonds. The number of benzene rings is 1. The van der Waals surface area contributed by atoms with Crippen molar-refractivity contribution in [3.63, 3.8) is 0 Å². The van der Waals surface area contributed by atoms with Gasteiger partial charge in [-0.1, -0.05) is 0 Å². The van der Waals surface area contributed by atoms with Gasteiger partial charge in [-0.05, 0) is 30.5 Å². The second-order valence-electron chi connectivity index (χ2n) is 4.50. The molecule has 0 saturated heterocycles. The predicted molar refractivity (Wildman–Crippen MR) is 88.7 cm³/mol. The summed E-state index contributed by atoms with van der Waals surface area (Å²) < 4.78 is 10.7. The van der Waals surface area contributed by atoms with Crippen LogP contribution in [0.2, 0.25) is 0 Å². The molecule has 0 spiro atoms. The van der Waals surface area contributed by atoms with E-state index in [2.05, 4.69) is 23.8 Å². The Morgan fingerprint density at radius 1 is 1.10 bits per heavy atom. The smallest absolute Gasteiger partial charge is 0.131 e. The highest BCUT2D eigenvalue weighted by atomic mass is 32.1. The van der Waals surface area contributed by atoms with Crippen LogP contribution in [0.1, 0.15) is 4.88 Å². The number of thiophene rings is 1. The van der Waals surface area contributed by atoms with Gasteiger partial charge in [0.15, 0.2) is 0 Å². The number of methoxy groups -OCH3 is 2. The summed E-state index contributed by atoms with van der Waals surface area (Å²) in [4.78, 5) is 5.97. The van der Waals surface area contributed by atoms with Crippen LogP contribution >= 0.6 is 22.7 Å². The zero-order chi connectivity index (χ0) is 14.8. The summed E-state index contributed by atoms with van der Waals surface area (Å²) in [6.07, 6.45) is 0. The number of nitrogens with zero attached hydrogens (tertiary/aromatic N) is 1. The Morgan fingerprint density at radius 2 is 1.95 bits per heavy atom. The maximum Gasteiger partial charge on any atom is 0.131 e. The molecule has 2 heterocycles. The van der Waals surface area contributed by atoms with Gasteiger partial charge >= 0.3 is 0 Å². The molecule has 0 bridgehead atoms. The van der Waals surface area contributed by atoms with E-state index in [4.69, 9.17) is 14.5 Å². The molecule has 108 valence electrons. The lowest BCUT2D eigenvalue weighted by atomic mass is 10.1. The van der Waals surface area contributed by atoms with Gasteiger partial charge in [0, 0.05) is 27.5 Å². The van der Waals surface area contributed by atoms with E-state index in [0.717, 1.165) is 27.8 Å². The summed E-state index contributed by atoms with van der Waals surface area (Å²) in [5.74, 6) is 1.56. The second-order valence-corrected chi connectivity index (χ2v) is 6.49. The zero-order valence-electron chi connectivity index (χ0n) is 12.0. The molecule has 5 heteroatoms. The third-order valence-electron chi connectivity index (χ3n) is 3.23. The van der Waals surface area contributed by atoms with Crippen LogP contribution in [0, 0.1) is 6.92 Å². The van der Waals surface area contributed by atoms with Crippen molar-refractivity contribution in [1.82, 2.24) is 4.98 Å². The van der Waals surface area contributed by atoms with E-state index in [-0.39, 0.29) is 0 Å². The Bertz CT molecular complexity index is 748. The van der Waals surface area contributed by atoms with E-state index in [9.17, 15) is 0 Å². The van der Waals surface area contributed by atoms with Gasteiger partial charge in [-0.2, -0.15) is 11.3 Å². The van der Waals surface area contributed by atoms with E-state index >= 15 is 0 Å². The molecule has 2 aromatic heterocycles. The van der Waals surface area contributed by atoms with Crippen LogP contribution < -0.4 is 9.47 Å². The van der Waals surface area contributed by atoms with E-state index in [1.54, 1.807) is 36.9 Å². The number of thiazole rings is 1. The molecule has 0 aliphatic rings. The predicted octanol–water partition coefficient (Wildman–Crippen LogP) is 4.86. The molecule has 1 aromatic carbocycles. The van der Waals surface area contributed by atoms with Gasteiger partial charge in [-0.25, -0.2) is 4.98 Å². The molecule has 0 N–H and O–H groups in total. The molecular weight excluding hydrogens is 302 g/mol. The highest BCUT2D eigenvalue weighted by Gasteiger charge is 2.15. The minimum absolute atomic E-state index is 0.777. The first kappa shape index (κ1) is 14.1. The van der Waals surface area contributed by atoms with Crippen LogP contribution in [-0.4, -0.2) is 19.2 Å². The fourth-order valence-corrected chi connectivity index (χ4v) is 3.79. The van der Waals surface area contributed by atoms with Gasteiger partial charge in [0.2, 0.25) is 0 Å². The molecule has 0 unspecified atom stereocenters. The summed E-state index contributed by atoms with van der Waals surface area (Å²) in [6, 6.07) is 7.91. The van der Waals surface area contributed by atoms with Gasteiger partial charge in [-0.15, -0.1) is 11.3 Å². The first-order valence-electron chi connectivity index (χ1n) is 6.45. The first-order valence-corrected chi connectivity index (χ1v) is 8.21. The fourth-order valence-electron chi connectivity index (χ4n) is 2.15. The second kappa shape index (κ2) is 5.87. The number of aromatic nitrogens is 1. The summed E-state index contributed by atoms with van der Waals surface area (Å²) in [7, 11) is 3.32. The summed E-state index contributed by atoms with van der Waals surface area (Å²) in [5, 5.41) is 5.23. The minimum atomic E-state index is 0.777. The average Bonchev–Trinajstić information content (AvgIpc) is 3.15. The lowest BCUT2D eigenvalue weighted by molar-refractivity contribution is 0.395. The topological polar surface area (TPSA) is 31.4 Å². The Kier molecular flexibility index (Phi) is 3.94. The summed E-state index contributed by atoms with van der Waals surface area (Å²) >= 11 is 3.39. The molecule has 3 rings (SSSR count). The van der Waals surface area contributed by atoms with Crippen molar-refractivity contribution >= 4 is 22.7 Å². The van der Waals surface area contributed by atoms with Crippen molar-refractivity contribution in [3.8, 4) is 33.3 Å². The number of aryl methyl sites for hydroxylation is 1. The molecule has 0 aliphatic heterocycles. The van der Waals surface area contributed by atoms with Crippen LogP contribution in [0.3, 0.4) is 0 Å². The number of hydrogen-bond acceptors (Lipinski definition) is 5. The number of hydrogen-bond donors (Lipinski definition) is 0. The van der Waals surface area contributed by atoms with E-state index in [1.165, 1.54) is 10.4 Å². The van der Waals surface area contributed by atoms with Crippen molar-refractivity contribution in [1.29, 1.82) is 0 Å². The van der Waals surface area contributed by atoms with Crippen LogP contribution in [0.4, 0.5) is 0 Å². The maximum atomic E-state index is 5.48. The molecule has 0 atom stereocenters. The van der Waals surface area contributed by atoms with E-state index in [1.807, 2.05) is 18.2 Å². The van der Waals surface area contributed by atoms with Gasteiger partial charge < -0.3 is 9.47 Å². The molecule has 0 radical (unpaired) electrons. The minimum Gasteiger partial charge on any atom is -0.497 e. The molecule has 0 aliphatic carbocycles. The Labute approximate surface area is 131 Å². The van der Waals surface area contributed by atoms with E-state index < -0.39 is 0 Å². The molecule has 21 heavy (non-hydrogen) atoms. The third kappa shape index (κ3) is 2.66. The van der Waals surface area contributed by atoms with Crippen molar-refractivity contribution in [2.75, 3.05) is 14.2 Å². The quantitative estimate of drug-likeness (QED) is 0.688. The maximum absolute atomic E-state index is 5.48. The summed E-state index contributed by atoms with van der Waals surface area (Å²) in [6.45, 7) is 2.09. The monoisotopic (exact) mass is 317 g/mol. The summed E-state index contributed by atoms with van der Waals surface area (Å²) in [5.41, 5.74) is 3.14. The van der Waals surface area contributed by atoms with Gasteiger partial charge in [0.05, 0.1) is 19.9 Å². The standard InChI is InChI=1S/C16H15NO2S2/c1-10-15(17-16(21-10)11-6-7-20-9-11)13-5-4-12(18-2)8-14(13)19-3/h4-9H,1-3H3. The molecule has 3 aromatic rings. The van der Waals surface area contributed by atoms with Crippen molar-refractivity contribution < 1.29 is 9.47 Å². The fraction of sp³-hybridized carbons (Fsp3) is 0.188. The van der Waals surface area contributed by atoms with Crippen LogP contribution in [0.15, 0.2) is 35.0 Å². The third-order valence-corrected chi connectivity index (χ3v) is 4.93. The lowest BCUT2D eigenvalue weighted by Crippen LogP contribution is -1.91. The highest BCUT2D eigenvalue weighted by molar-refractivity contribution is 7.16. The van der Waals surface area contributed by atoms with E-state index in [0.29, 0.717) is 0 Å². The average molecular weight is 317 g/mol. The Balaban J connectivity index is 2.08. The normalized spacial score (nSPS) is 10.6. The van der Waals surface area contributed by atoms with Gasteiger partial charge in [0.25, 0.3) is 0 Å². The number of rotatable bonds is 4. The molecular formula is C16H15NO2S2. The SMILES string of the molecule is COc1ccc(-c2nc(-c3ccsc3)sc2C)c(OC)c1. The Hall–Kier alpha value is -1.85. The van der Waals surface area contributed by atoms with Crippen molar-refractivity contribution in [3.05, 3.63) is 39.9 Å². The number of ether oxygens (including phenoxy) is 2. The highest BCUT2D eigenvalue weighted by Crippen LogP contribution is 2.39. The van der Waals surface area contributed by atoms with Crippen LogP contribution in [0.5, 0.6) is 11.5 Å². The zero-order valence-corrected chi connectivity index (χ0v) is 13.7. The molecule has 0 saturated carbocycles. The largest absolute Gasteiger partial charge is 0.497 e. The first-order chi connectivity index (χ1) is 10.2. The van der Waals surface area contributed by atoms with Crippen molar-refractivity contribution in [2.45, 2.75) is 6.92 Å². The van der Waals surface area contributed by atoms with Crippen LogP contribution in [-0.2, 0) is 0 Å².